The summed E-state index contributed by atoms with van der Waals surface area (Å²) in [5, 5.41) is 9.70. The van der Waals surface area contributed by atoms with E-state index in [1.165, 1.54) is 238 Å². The van der Waals surface area contributed by atoms with Crippen LogP contribution in [-0.4, -0.2) is 36.4 Å². The zero-order valence-electron chi connectivity index (χ0n) is 51.9. The number of aliphatic hydroxyl groups is 1. The molecule has 0 aliphatic carbocycles. The SMILES string of the molecule is CC/C=C\C/C=C\C/C=C\C/C=C\C/C=C\C/C=C\C/C=C\CCCCCCCCCCCCCCCC(=O)OC(CO)COC(=O)CCCCCCCCCCCCCCCCCCCCCCCCCCCCCCC. The lowest BCUT2D eigenvalue weighted by molar-refractivity contribution is -0.161. The zero-order valence-corrected chi connectivity index (χ0v) is 51.9. The average Bonchev–Trinajstić information content (AvgIpc) is 3.44. The summed E-state index contributed by atoms with van der Waals surface area (Å²) in [5.41, 5.74) is 0. The number of carbonyl (C=O) groups excluding carboxylic acids is 2. The Hall–Kier alpha value is -2.92. The third-order valence-electron chi connectivity index (χ3n) is 15.2. The lowest BCUT2D eigenvalue weighted by Gasteiger charge is -2.15. The van der Waals surface area contributed by atoms with Gasteiger partial charge in [0.2, 0.25) is 0 Å². The number of aliphatic hydroxyl groups excluding tert-OH is 1. The summed E-state index contributed by atoms with van der Waals surface area (Å²) >= 11 is 0. The molecule has 1 unspecified atom stereocenters. The Morgan fingerprint density at radius 2 is 0.551 bits per heavy atom. The number of rotatable bonds is 63. The van der Waals surface area contributed by atoms with E-state index >= 15 is 0 Å². The van der Waals surface area contributed by atoms with Crippen LogP contribution in [0, 0.1) is 0 Å². The van der Waals surface area contributed by atoms with Crippen molar-refractivity contribution in [1.29, 1.82) is 0 Å². The molecule has 1 atom stereocenters. The van der Waals surface area contributed by atoms with Crippen LogP contribution in [0.1, 0.15) is 348 Å². The van der Waals surface area contributed by atoms with E-state index < -0.39 is 6.10 Å². The molecule has 0 radical (unpaired) electrons. The number of ether oxygens (including phenoxy) is 2. The quantitative estimate of drug-likeness (QED) is 0.0373. The predicted molar refractivity (Wildman–Crippen MR) is 343 cm³/mol. The molecule has 0 fully saturated rings. The van der Waals surface area contributed by atoms with Gasteiger partial charge in [0.1, 0.15) is 6.61 Å². The first kappa shape index (κ1) is 75.1. The van der Waals surface area contributed by atoms with Crippen LogP contribution < -0.4 is 0 Å². The molecule has 0 aromatic carbocycles. The summed E-state index contributed by atoms with van der Waals surface area (Å²) in [6.07, 6.45) is 96.1. The van der Waals surface area contributed by atoms with E-state index in [1.54, 1.807) is 0 Å². The van der Waals surface area contributed by atoms with Gasteiger partial charge in [-0.2, -0.15) is 0 Å². The Kier molecular flexibility index (Phi) is 65.8. The average molecular weight is 1090 g/mol. The normalized spacial score (nSPS) is 12.7. The summed E-state index contributed by atoms with van der Waals surface area (Å²) in [6.45, 7) is 4.07. The molecule has 5 heteroatoms. The van der Waals surface area contributed by atoms with Crippen molar-refractivity contribution in [3.63, 3.8) is 0 Å². The minimum absolute atomic E-state index is 0.0644. The highest BCUT2D eigenvalue weighted by Crippen LogP contribution is 2.18. The summed E-state index contributed by atoms with van der Waals surface area (Å²) in [7, 11) is 0. The Morgan fingerprint density at radius 1 is 0.308 bits per heavy atom. The van der Waals surface area contributed by atoms with Gasteiger partial charge in [-0.25, -0.2) is 0 Å². The molecular weight excluding hydrogens is 957 g/mol. The van der Waals surface area contributed by atoms with Crippen LogP contribution in [0.25, 0.3) is 0 Å². The van der Waals surface area contributed by atoms with E-state index in [0.29, 0.717) is 12.8 Å². The van der Waals surface area contributed by atoms with Gasteiger partial charge >= 0.3 is 11.9 Å². The molecule has 5 nitrogen and oxygen atoms in total. The first-order valence-corrected chi connectivity index (χ1v) is 34.1. The Bertz CT molecular complexity index is 1420. The molecule has 1 N–H and O–H groups in total. The van der Waals surface area contributed by atoms with E-state index in [1.807, 2.05) is 0 Å². The van der Waals surface area contributed by atoms with Gasteiger partial charge in [-0.05, 0) is 70.6 Å². The van der Waals surface area contributed by atoms with Crippen molar-refractivity contribution in [3.8, 4) is 0 Å². The van der Waals surface area contributed by atoms with Crippen LogP contribution in [0.5, 0.6) is 0 Å². The first-order chi connectivity index (χ1) is 38.6. The van der Waals surface area contributed by atoms with Crippen LogP contribution >= 0.6 is 0 Å². The highest BCUT2D eigenvalue weighted by atomic mass is 16.6. The second-order valence-corrected chi connectivity index (χ2v) is 22.9. The van der Waals surface area contributed by atoms with Crippen LogP contribution in [0.3, 0.4) is 0 Å². The van der Waals surface area contributed by atoms with Crippen LogP contribution in [0.4, 0.5) is 0 Å². The van der Waals surface area contributed by atoms with Gasteiger partial charge in [0.05, 0.1) is 6.61 Å². The molecule has 0 saturated heterocycles. The van der Waals surface area contributed by atoms with E-state index in [9.17, 15) is 14.7 Å². The van der Waals surface area contributed by atoms with Gasteiger partial charge in [0.25, 0.3) is 0 Å². The fraction of sp³-hybridized carbons (Fsp3) is 0.781. The van der Waals surface area contributed by atoms with Crippen molar-refractivity contribution in [2.24, 2.45) is 0 Å². The number of hydrogen-bond acceptors (Lipinski definition) is 5. The summed E-state index contributed by atoms with van der Waals surface area (Å²) in [6, 6.07) is 0. The standard InChI is InChI=1S/C73H130O5/c1-3-5-7-9-11-13-15-17-19-21-23-25-27-29-31-33-34-35-36-37-38-40-42-44-46-48-50-52-54-56-58-60-62-64-66-68-73(76)78-71(69-74)70-77-72(75)67-65-63-61-59-57-55-53-51-49-47-45-43-41-39-32-30-28-26-24-22-20-18-16-14-12-10-8-6-4-2/h5,7,11,13,17,19,23,25,29,31,34-35,37-38,71,74H,3-4,6,8-10,12,14-16,18,20-22,24,26-28,30,32-33,36,39-70H2,1-2H3/b7-5-,13-11-,19-17-,25-23-,31-29-,35-34-,38-37-. The van der Waals surface area contributed by atoms with Crippen molar-refractivity contribution in [1.82, 2.24) is 0 Å². The fourth-order valence-electron chi connectivity index (χ4n) is 10.1. The van der Waals surface area contributed by atoms with Gasteiger partial charge in [0.15, 0.2) is 6.10 Å². The fourth-order valence-corrected chi connectivity index (χ4v) is 10.1. The van der Waals surface area contributed by atoms with Crippen molar-refractivity contribution in [3.05, 3.63) is 85.1 Å². The van der Waals surface area contributed by atoms with Crippen molar-refractivity contribution in [2.45, 2.75) is 354 Å². The molecule has 78 heavy (non-hydrogen) atoms. The molecule has 0 heterocycles. The molecule has 0 bridgehead atoms. The number of esters is 2. The number of hydrogen-bond donors (Lipinski definition) is 1. The highest BCUT2D eigenvalue weighted by molar-refractivity contribution is 5.70. The first-order valence-electron chi connectivity index (χ1n) is 34.1. The van der Waals surface area contributed by atoms with Gasteiger partial charge in [-0.1, -0.05) is 349 Å². The van der Waals surface area contributed by atoms with Crippen LogP contribution in [0.15, 0.2) is 85.1 Å². The zero-order chi connectivity index (χ0) is 56.2. The van der Waals surface area contributed by atoms with Gasteiger partial charge in [-0.3, -0.25) is 9.59 Å². The predicted octanol–water partition coefficient (Wildman–Crippen LogP) is 23.7. The third-order valence-corrected chi connectivity index (χ3v) is 15.2. The largest absolute Gasteiger partial charge is 0.462 e. The van der Waals surface area contributed by atoms with Gasteiger partial charge < -0.3 is 14.6 Å². The summed E-state index contributed by atoms with van der Waals surface area (Å²) < 4.78 is 10.8. The number of carbonyl (C=O) groups is 2. The maximum Gasteiger partial charge on any atom is 0.306 e. The van der Waals surface area contributed by atoms with E-state index in [0.717, 1.165) is 83.5 Å². The molecule has 0 amide bonds. The third kappa shape index (κ3) is 65.6. The van der Waals surface area contributed by atoms with Gasteiger partial charge in [0, 0.05) is 12.8 Å². The Morgan fingerprint density at radius 3 is 0.833 bits per heavy atom. The topological polar surface area (TPSA) is 72.8 Å². The van der Waals surface area contributed by atoms with E-state index in [2.05, 4.69) is 98.9 Å². The smallest absolute Gasteiger partial charge is 0.306 e. The maximum absolute atomic E-state index is 12.4. The van der Waals surface area contributed by atoms with Crippen LogP contribution in [0.2, 0.25) is 0 Å². The van der Waals surface area contributed by atoms with Crippen molar-refractivity contribution in [2.75, 3.05) is 13.2 Å². The highest BCUT2D eigenvalue weighted by Gasteiger charge is 2.16. The molecule has 0 spiro atoms. The van der Waals surface area contributed by atoms with Crippen molar-refractivity contribution < 1.29 is 24.2 Å². The Balaban J connectivity index is 3.45. The molecule has 0 saturated carbocycles. The molecule has 0 aromatic heterocycles. The van der Waals surface area contributed by atoms with Crippen LogP contribution in [-0.2, 0) is 19.1 Å². The lowest BCUT2D eigenvalue weighted by atomic mass is 10.0. The molecule has 0 aromatic rings. The van der Waals surface area contributed by atoms with E-state index in [-0.39, 0.29) is 25.2 Å². The molecule has 452 valence electrons. The number of unbranched alkanes of at least 4 members (excludes halogenated alkanes) is 41. The lowest BCUT2D eigenvalue weighted by Crippen LogP contribution is -2.28. The maximum atomic E-state index is 12.4. The minimum Gasteiger partial charge on any atom is -0.462 e. The second kappa shape index (κ2) is 68.4. The number of allylic oxidation sites excluding steroid dienone is 14. The molecule has 0 aliphatic heterocycles. The minimum atomic E-state index is -0.776. The van der Waals surface area contributed by atoms with Gasteiger partial charge in [-0.15, -0.1) is 0 Å². The summed E-state index contributed by atoms with van der Waals surface area (Å²) in [5.74, 6) is -0.577. The Labute approximate surface area is 486 Å². The monoisotopic (exact) mass is 1090 g/mol. The molecular formula is C73H130O5. The summed E-state index contributed by atoms with van der Waals surface area (Å²) in [4.78, 5) is 24.6. The van der Waals surface area contributed by atoms with Crippen molar-refractivity contribution >= 4 is 11.9 Å². The molecule has 0 rings (SSSR count). The second-order valence-electron chi connectivity index (χ2n) is 22.9. The van der Waals surface area contributed by atoms with E-state index in [4.69, 9.17) is 9.47 Å². The molecule has 0 aliphatic rings.